The zero-order valence-electron chi connectivity index (χ0n) is 62.3. The number of hydrogen-bond acceptors (Lipinski definition) is 12. The lowest BCUT2D eigenvalue weighted by atomic mass is 9.93. The van der Waals surface area contributed by atoms with E-state index in [-0.39, 0.29) is 0 Å². The highest BCUT2D eigenvalue weighted by Crippen LogP contribution is 2.39. The Morgan fingerprint density at radius 1 is 0.129 bits per heavy atom. The Hall–Kier alpha value is -15.9. The molecule has 0 saturated heterocycles. The monoisotopic (exact) mass is 1480 g/mol. The Bertz CT molecular complexity index is 7450. The first-order valence-corrected chi connectivity index (χ1v) is 38.6. The van der Waals surface area contributed by atoms with Crippen LogP contribution >= 0.6 is 0 Å². The van der Waals surface area contributed by atoms with Gasteiger partial charge < -0.3 is 0 Å². The van der Waals surface area contributed by atoms with Crippen molar-refractivity contribution < 1.29 is 0 Å². The first-order chi connectivity index (χ1) is 57.4. The van der Waals surface area contributed by atoms with Gasteiger partial charge in [-0.1, -0.05) is 322 Å². The van der Waals surface area contributed by atoms with Crippen LogP contribution in [0.2, 0.25) is 0 Å². The highest BCUT2D eigenvalue weighted by molar-refractivity contribution is 6.14. The maximum atomic E-state index is 5.19. The summed E-state index contributed by atoms with van der Waals surface area (Å²) < 4.78 is 0. The minimum Gasteiger partial charge on any atom is -0.248 e. The van der Waals surface area contributed by atoms with Crippen molar-refractivity contribution in [3.05, 3.63) is 388 Å². The molecule has 0 fully saturated rings. The van der Waals surface area contributed by atoms with Crippen LogP contribution in [0.3, 0.4) is 0 Å². The molecule has 0 aliphatic heterocycles. The van der Waals surface area contributed by atoms with E-state index in [2.05, 4.69) is 237 Å². The van der Waals surface area contributed by atoms with Gasteiger partial charge in [0.2, 0.25) is 0 Å². The first kappa shape index (κ1) is 68.1. The summed E-state index contributed by atoms with van der Waals surface area (Å²) in [4.78, 5) is 60.1. The molecule has 22 rings (SSSR count). The molecule has 0 saturated carbocycles. The summed E-state index contributed by atoms with van der Waals surface area (Å²) in [6.45, 7) is 0. The lowest BCUT2D eigenvalue weighted by molar-refractivity contribution is 1.06. The Labute approximate surface area is 666 Å². The highest BCUT2D eigenvalue weighted by Gasteiger charge is 2.19. The smallest absolute Gasteiger partial charge is 0.182 e. The zero-order valence-corrected chi connectivity index (χ0v) is 62.3. The van der Waals surface area contributed by atoms with Gasteiger partial charge in [0.05, 0.1) is 55.9 Å². The molecule has 8 heterocycles. The zero-order chi connectivity index (χ0) is 76.8. The predicted molar refractivity (Wildman–Crippen MR) is 472 cm³/mol. The van der Waals surface area contributed by atoms with Crippen molar-refractivity contribution in [2.75, 3.05) is 0 Å². The molecule has 22 aromatic rings. The summed E-state index contributed by atoms with van der Waals surface area (Å²) in [7, 11) is 0. The molecular formula is C104H64N12. The summed E-state index contributed by atoms with van der Waals surface area (Å²) >= 11 is 0. The molecule has 0 bridgehead atoms. The number of pyridine rings is 6. The summed E-state index contributed by atoms with van der Waals surface area (Å²) in [5.41, 5.74) is 22.6. The van der Waals surface area contributed by atoms with E-state index in [0.29, 0.717) is 46.3 Å². The Morgan fingerprint density at radius 3 is 0.845 bits per heavy atom. The molecule has 0 radical (unpaired) electrons. The fraction of sp³-hybridized carbons (Fsp3) is 0. The third kappa shape index (κ3) is 13.4. The first-order valence-electron chi connectivity index (χ1n) is 38.6. The number of aromatic nitrogens is 12. The van der Waals surface area contributed by atoms with E-state index < -0.39 is 0 Å². The van der Waals surface area contributed by atoms with Crippen molar-refractivity contribution in [2.45, 2.75) is 0 Å². The standard InChI is InChI=1S/C57H35N7.C47H29N5/c1-4-10-37(11-5-1)47-31-28-41-22-23-42-29-32-48(61-54(42)53(41)60-47)38-18-16-36(17-19-38)45-24-20-39-26-30-49(58-51(39)34-45)46-25-21-40-27-33-50(59-52(40)35-46)57-63-55(43-12-6-2-7-13-43)62-56(64-57)44-14-8-3-9-15-44;1-3-11-32(12-4-1)45-50-46(33-13-5-2-6-14-33)52-47(51-45)42-26-24-31-20-22-36(29-44(31)49-42)41-25-23-30-19-21-35(28-43(30)48-41)40-27-34-15-7-8-16-37(34)38-17-9-10-18-39(38)40/h1-35H;1-29H. The molecule has 14 aromatic carbocycles. The predicted octanol–water partition coefficient (Wildman–Crippen LogP) is 25.3. The van der Waals surface area contributed by atoms with Crippen molar-refractivity contribution in [1.29, 1.82) is 0 Å². The molecule has 8 aromatic heterocycles. The maximum absolute atomic E-state index is 5.19. The molecule has 0 aliphatic carbocycles. The summed E-state index contributed by atoms with van der Waals surface area (Å²) in [5.74, 6) is 3.46. The van der Waals surface area contributed by atoms with E-state index >= 15 is 0 Å². The molecule has 12 nitrogen and oxygen atoms in total. The van der Waals surface area contributed by atoms with E-state index in [1.54, 1.807) is 0 Å². The van der Waals surface area contributed by atoms with E-state index in [1.165, 1.54) is 27.1 Å². The van der Waals surface area contributed by atoms with Crippen molar-refractivity contribution in [3.63, 3.8) is 0 Å². The van der Waals surface area contributed by atoms with Gasteiger partial charge in [-0.15, -0.1) is 0 Å². The Balaban J connectivity index is 0.000000148. The second-order valence-electron chi connectivity index (χ2n) is 28.7. The number of benzene rings is 14. The Morgan fingerprint density at radius 2 is 0.405 bits per heavy atom. The van der Waals surface area contributed by atoms with Gasteiger partial charge in [0, 0.05) is 76.8 Å². The van der Waals surface area contributed by atoms with Crippen LogP contribution in [0.5, 0.6) is 0 Å². The van der Waals surface area contributed by atoms with Gasteiger partial charge >= 0.3 is 0 Å². The van der Waals surface area contributed by atoms with E-state index in [0.717, 1.165) is 149 Å². The molecule has 540 valence electrons. The molecule has 0 spiro atoms. The van der Waals surface area contributed by atoms with Crippen LogP contribution in [-0.4, -0.2) is 59.8 Å². The quantitative estimate of drug-likeness (QED) is 0.107. The van der Waals surface area contributed by atoms with Crippen molar-refractivity contribution in [2.24, 2.45) is 0 Å². The van der Waals surface area contributed by atoms with Crippen LogP contribution in [-0.2, 0) is 0 Å². The minimum atomic E-state index is 0.515. The molecule has 0 amide bonds. The van der Waals surface area contributed by atoms with Gasteiger partial charge in [-0.25, -0.2) is 59.8 Å². The van der Waals surface area contributed by atoms with E-state index in [9.17, 15) is 0 Å². The SMILES string of the molecule is c1ccc(-c2ccc3ccc4ccc(-c5ccc(-c6ccc7ccc(-c8ccc9ccc(-c%10nc(-c%11ccccc%11)nc(-c%11ccccc%11)n%10)nc9c8)nc7c6)cc5)nc4c3n2)cc1.c1ccc(-c2nc(-c3ccccc3)nc(-c3ccc4ccc(-c5ccc6ccc(-c7cc8ccccc8c8ccccc78)cc6n5)cc4n3)n2)cc1. The van der Waals surface area contributed by atoms with Crippen LogP contribution in [0.25, 0.3) is 223 Å². The third-order valence-corrected chi connectivity index (χ3v) is 21.4. The highest BCUT2D eigenvalue weighted by atomic mass is 15.1. The maximum Gasteiger partial charge on any atom is 0.182 e. The van der Waals surface area contributed by atoms with Gasteiger partial charge in [0.15, 0.2) is 34.9 Å². The van der Waals surface area contributed by atoms with Crippen molar-refractivity contribution in [3.8, 4) is 136 Å². The normalized spacial score (nSPS) is 11.4. The summed E-state index contributed by atoms with van der Waals surface area (Å²) in [5, 5.41) is 11.3. The molecule has 0 N–H and O–H groups in total. The average molecular weight is 1480 g/mol. The molecule has 12 heteroatoms. The topological polar surface area (TPSA) is 155 Å². The van der Waals surface area contributed by atoms with Gasteiger partial charge in [0.25, 0.3) is 0 Å². The van der Waals surface area contributed by atoms with Crippen LogP contribution in [0.15, 0.2) is 388 Å². The second kappa shape index (κ2) is 29.4. The number of nitrogens with zero attached hydrogens (tertiary/aromatic N) is 12. The van der Waals surface area contributed by atoms with Crippen LogP contribution in [0.4, 0.5) is 0 Å². The van der Waals surface area contributed by atoms with Crippen molar-refractivity contribution >= 4 is 87.0 Å². The van der Waals surface area contributed by atoms with Crippen LogP contribution in [0, 0.1) is 0 Å². The minimum absolute atomic E-state index is 0.515. The molecule has 0 unspecified atom stereocenters. The fourth-order valence-electron chi connectivity index (χ4n) is 15.4. The van der Waals surface area contributed by atoms with E-state index in [1.807, 2.05) is 152 Å². The molecule has 116 heavy (non-hydrogen) atoms. The lowest BCUT2D eigenvalue weighted by Crippen LogP contribution is -2.01. The number of fused-ring (bicyclic) bond motifs is 10. The second-order valence-corrected chi connectivity index (χ2v) is 28.7. The van der Waals surface area contributed by atoms with E-state index in [4.69, 9.17) is 59.8 Å². The fourth-order valence-corrected chi connectivity index (χ4v) is 15.4. The largest absolute Gasteiger partial charge is 0.248 e. The lowest BCUT2D eigenvalue weighted by Gasteiger charge is -2.12. The molecule has 0 aliphatic rings. The van der Waals surface area contributed by atoms with Crippen molar-refractivity contribution in [1.82, 2.24) is 59.8 Å². The van der Waals surface area contributed by atoms with Crippen LogP contribution in [0.1, 0.15) is 0 Å². The number of rotatable bonds is 12. The molecule has 0 atom stereocenters. The van der Waals surface area contributed by atoms with Crippen LogP contribution < -0.4 is 0 Å². The number of hydrogen-bond donors (Lipinski definition) is 0. The molecular weight excluding hydrogens is 1420 g/mol. The van der Waals surface area contributed by atoms with Gasteiger partial charge in [-0.2, -0.15) is 0 Å². The Kier molecular flexibility index (Phi) is 17.3. The van der Waals surface area contributed by atoms with Gasteiger partial charge in [-0.05, 0) is 111 Å². The van der Waals surface area contributed by atoms with Gasteiger partial charge in [0.1, 0.15) is 11.4 Å². The third-order valence-electron chi connectivity index (χ3n) is 21.4. The van der Waals surface area contributed by atoms with Gasteiger partial charge in [-0.3, -0.25) is 0 Å². The summed E-state index contributed by atoms with van der Waals surface area (Å²) in [6, 6.07) is 133. The summed E-state index contributed by atoms with van der Waals surface area (Å²) in [6.07, 6.45) is 0. The average Bonchev–Trinajstić information content (AvgIpc) is 0.759.